The summed E-state index contributed by atoms with van der Waals surface area (Å²) >= 11 is 1.62. The molecule has 0 aromatic carbocycles. The van der Waals surface area contributed by atoms with Crippen LogP contribution in [0.5, 0.6) is 0 Å². The maximum absolute atomic E-state index is 4.33. The number of aromatic nitrogens is 2. The summed E-state index contributed by atoms with van der Waals surface area (Å²) in [5, 5.41) is 5.55. The Balaban J connectivity index is 2.00. The van der Waals surface area contributed by atoms with Crippen molar-refractivity contribution in [2.45, 2.75) is 25.9 Å². The van der Waals surface area contributed by atoms with Gasteiger partial charge in [0.05, 0.1) is 16.9 Å². The van der Waals surface area contributed by atoms with E-state index in [-0.39, 0.29) is 12.1 Å². The van der Waals surface area contributed by atoms with Crippen LogP contribution in [0.15, 0.2) is 35.3 Å². The van der Waals surface area contributed by atoms with Gasteiger partial charge < -0.3 is 5.32 Å². The highest BCUT2D eigenvalue weighted by Gasteiger charge is 2.12. The summed E-state index contributed by atoms with van der Waals surface area (Å²) in [6.45, 7) is 4.24. The van der Waals surface area contributed by atoms with E-state index in [1.54, 1.807) is 11.3 Å². The summed E-state index contributed by atoms with van der Waals surface area (Å²) in [6, 6.07) is 6.46. The molecule has 2 heterocycles. The van der Waals surface area contributed by atoms with Crippen LogP contribution in [-0.4, -0.2) is 9.97 Å². The zero-order valence-electron chi connectivity index (χ0n) is 9.42. The summed E-state index contributed by atoms with van der Waals surface area (Å²) in [6.07, 6.45) is 1.82. The summed E-state index contributed by atoms with van der Waals surface area (Å²) in [5.41, 5.74) is 4.01. The van der Waals surface area contributed by atoms with Gasteiger partial charge in [0.2, 0.25) is 0 Å². The van der Waals surface area contributed by atoms with E-state index >= 15 is 0 Å². The van der Waals surface area contributed by atoms with Crippen LogP contribution in [-0.2, 0) is 0 Å². The van der Waals surface area contributed by atoms with E-state index in [9.17, 15) is 0 Å². The van der Waals surface area contributed by atoms with E-state index in [0.717, 1.165) is 11.4 Å². The third-order valence-corrected chi connectivity index (χ3v) is 3.13. The molecule has 0 fully saturated rings. The lowest BCUT2D eigenvalue weighted by molar-refractivity contribution is 0.480. The molecule has 0 saturated carbocycles. The Labute approximate surface area is 99.6 Å². The SMILES string of the molecule is CC(N[C@@H](C)c1ccccn1)c1cscn1. The van der Waals surface area contributed by atoms with Crippen molar-refractivity contribution in [3.63, 3.8) is 0 Å². The van der Waals surface area contributed by atoms with Crippen molar-refractivity contribution >= 4 is 11.3 Å². The summed E-state index contributed by atoms with van der Waals surface area (Å²) < 4.78 is 0. The van der Waals surface area contributed by atoms with Crippen molar-refractivity contribution in [2.75, 3.05) is 0 Å². The van der Waals surface area contributed by atoms with Crippen LogP contribution >= 0.6 is 11.3 Å². The molecule has 0 aliphatic carbocycles. The van der Waals surface area contributed by atoms with Crippen molar-refractivity contribution < 1.29 is 0 Å². The molecule has 1 unspecified atom stereocenters. The van der Waals surface area contributed by atoms with E-state index in [0.29, 0.717) is 0 Å². The lowest BCUT2D eigenvalue weighted by Gasteiger charge is -2.18. The highest BCUT2D eigenvalue weighted by Crippen LogP contribution is 2.17. The number of rotatable bonds is 4. The van der Waals surface area contributed by atoms with Gasteiger partial charge in [-0.1, -0.05) is 6.07 Å². The van der Waals surface area contributed by atoms with Gasteiger partial charge in [-0.05, 0) is 26.0 Å². The van der Waals surface area contributed by atoms with Crippen LogP contribution in [0.25, 0.3) is 0 Å². The molecule has 0 amide bonds. The average molecular weight is 233 g/mol. The van der Waals surface area contributed by atoms with Crippen LogP contribution in [0.2, 0.25) is 0 Å². The first-order valence-electron chi connectivity index (χ1n) is 5.32. The van der Waals surface area contributed by atoms with Crippen molar-refractivity contribution in [3.05, 3.63) is 46.7 Å². The van der Waals surface area contributed by atoms with Crippen LogP contribution in [0.1, 0.15) is 37.3 Å². The zero-order chi connectivity index (χ0) is 11.4. The van der Waals surface area contributed by atoms with Crippen LogP contribution < -0.4 is 5.32 Å². The molecule has 4 heteroatoms. The molecule has 2 aromatic rings. The van der Waals surface area contributed by atoms with Gasteiger partial charge in [-0.3, -0.25) is 4.98 Å². The second-order valence-electron chi connectivity index (χ2n) is 3.78. The highest BCUT2D eigenvalue weighted by molar-refractivity contribution is 7.07. The van der Waals surface area contributed by atoms with Gasteiger partial charge in [0.15, 0.2) is 0 Å². The molecule has 2 aromatic heterocycles. The quantitative estimate of drug-likeness (QED) is 0.882. The van der Waals surface area contributed by atoms with E-state index in [4.69, 9.17) is 0 Å². The molecule has 0 spiro atoms. The molecule has 1 N–H and O–H groups in total. The zero-order valence-corrected chi connectivity index (χ0v) is 10.2. The van der Waals surface area contributed by atoms with E-state index in [2.05, 4.69) is 34.5 Å². The minimum atomic E-state index is 0.234. The Morgan fingerprint density at radius 1 is 1.12 bits per heavy atom. The molecule has 84 valence electrons. The van der Waals surface area contributed by atoms with Crippen LogP contribution in [0.3, 0.4) is 0 Å². The normalized spacial score (nSPS) is 14.6. The topological polar surface area (TPSA) is 37.8 Å². The number of hydrogen-bond acceptors (Lipinski definition) is 4. The molecular formula is C12H15N3S. The third kappa shape index (κ3) is 2.65. The van der Waals surface area contributed by atoms with Crippen molar-refractivity contribution in [3.8, 4) is 0 Å². The Morgan fingerprint density at radius 3 is 2.56 bits per heavy atom. The minimum Gasteiger partial charge on any atom is -0.301 e. The standard InChI is InChI=1S/C12H15N3S/c1-9(11-5-3-4-6-13-11)15-10(2)12-7-16-8-14-12/h3-10,15H,1-2H3/t9-,10?/m0/s1. The van der Waals surface area contributed by atoms with Crippen LogP contribution in [0, 0.1) is 0 Å². The number of nitrogens with zero attached hydrogens (tertiary/aromatic N) is 2. The fraction of sp³-hybridized carbons (Fsp3) is 0.333. The Kier molecular flexibility index (Phi) is 3.64. The maximum Gasteiger partial charge on any atom is 0.0795 e. The Bertz CT molecular complexity index is 413. The Morgan fingerprint density at radius 2 is 1.94 bits per heavy atom. The van der Waals surface area contributed by atoms with Crippen molar-refractivity contribution in [2.24, 2.45) is 0 Å². The third-order valence-electron chi connectivity index (χ3n) is 2.53. The maximum atomic E-state index is 4.33. The van der Waals surface area contributed by atoms with Gasteiger partial charge >= 0.3 is 0 Å². The smallest absolute Gasteiger partial charge is 0.0795 e. The van der Waals surface area contributed by atoms with Crippen molar-refractivity contribution in [1.82, 2.24) is 15.3 Å². The summed E-state index contributed by atoms with van der Waals surface area (Å²) in [7, 11) is 0. The molecule has 2 rings (SSSR count). The molecule has 0 radical (unpaired) electrons. The predicted octanol–water partition coefficient (Wildman–Crippen LogP) is 2.95. The minimum absolute atomic E-state index is 0.234. The molecule has 16 heavy (non-hydrogen) atoms. The molecule has 0 saturated heterocycles. The second-order valence-corrected chi connectivity index (χ2v) is 4.50. The lowest BCUT2D eigenvalue weighted by Crippen LogP contribution is -2.23. The Hall–Kier alpha value is -1.26. The molecule has 0 aliphatic rings. The largest absolute Gasteiger partial charge is 0.301 e. The van der Waals surface area contributed by atoms with E-state index < -0.39 is 0 Å². The fourth-order valence-electron chi connectivity index (χ4n) is 1.61. The van der Waals surface area contributed by atoms with Crippen LogP contribution in [0.4, 0.5) is 0 Å². The van der Waals surface area contributed by atoms with Gasteiger partial charge in [-0.2, -0.15) is 0 Å². The molecular weight excluding hydrogens is 218 g/mol. The summed E-state index contributed by atoms with van der Waals surface area (Å²) in [5.74, 6) is 0. The molecule has 3 nitrogen and oxygen atoms in total. The van der Waals surface area contributed by atoms with Gasteiger partial charge in [-0.25, -0.2) is 4.98 Å². The van der Waals surface area contributed by atoms with E-state index in [1.165, 1.54) is 0 Å². The highest BCUT2D eigenvalue weighted by atomic mass is 32.1. The number of pyridine rings is 1. The lowest BCUT2D eigenvalue weighted by atomic mass is 10.1. The van der Waals surface area contributed by atoms with Gasteiger partial charge in [0.25, 0.3) is 0 Å². The molecule has 0 bridgehead atoms. The van der Waals surface area contributed by atoms with Gasteiger partial charge in [0, 0.05) is 23.7 Å². The number of thiazole rings is 1. The predicted molar refractivity (Wildman–Crippen MR) is 66.3 cm³/mol. The monoisotopic (exact) mass is 233 g/mol. The van der Waals surface area contributed by atoms with Gasteiger partial charge in [-0.15, -0.1) is 11.3 Å². The first kappa shape index (κ1) is 11.2. The summed E-state index contributed by atoms with van der Waals surface area (Å²) in [4.78, 5) is 8.63. The second kappa shape index (κ2) is 5.18. The fourth-order valence-corrected chi connectivity index (χ4v) is 2.26. The van der Waals surface area contributed by atoms with Crippen molar-refractivity contribution in [1.29, 1.82) is 0 Å². The first-order chi connectivity index (χ1) is 7.77. The number of hydrogen-bond donors (Lipinski definition) is 1. The molecule has 0 aliphatic heterocycles. The van der Waals surface area contributed by atoms with Gasteiger partial charge in [0.1, 0.15) is 0 Å². The first-order valence-corrected chi connectivity index (χ1v) is 6.26. The van der Waals surface area contributed by atoms with E-state index in [1.807, 2.05) is 29.9 Å². The average Bonchev–Trinajstić information content (AvgIpc) is 2.83. The number of nitrogens with one attached hydrogen (secondary N) is 1. The molecule has 2 atom stereocenters.